The molecule has 21 heavy (non-hydrogen) atoms. The summed E-state index contributed by atoms with van der Waals surface area (Å²) >= 11 is 0. The molecule has 1 aliphatic rings. The Labute approximate surface area is 128 Å². The van der Waals surface area contributed by atoms with Gasteiger partial charge in [-0.05, 0) is 32.0 Å². The molecule has 0 unspecified atom stereocenters. The van der Waals surface area contributed by atoms with Crippen LogP contribution in [0.15, 0.2) is 29.2 Å². The summed E-state index contributed by atoms with van der Waals surface area (Å²) in [7, 11) is -1.01. The Morgan fingerprint density at radius 2 is 1.90 bits per heavy atom. The largest absolute Gasteiger partial charge is 0.383 e. The highest BCUT2D eigenvalue weighted by molar-refractivity contribution is 7.91. The predicted octanol–water partition coefficient (Wildman–Crippen LogP) is 2.77. The average molecular weight is 310 g/mol. The molecule has 1 saturated carbocycles. The minimum Gasteiger partial charge on any atom is -0.383 e. The van der Waals surface area contributed by atoms with Crippen LogP contribution in [-0.2, 0) is 9.84 Å². The number of nitrogens with zero attached hydrogens (tertiary/aromatic N) is 1. The van der Waals surface area contributed by atoms with E-state index >= 15 is 0 Å². The first kappa shape index (κ1) is 16.3. The molecular weight excluding hydrogens is 284 g/mol. The van der Waals surface area contributed by atoms with E-state index in [0.29, 0.717) is 10.9 Å². The van der Waals surface area contributed by atoms with Crippen LogP contribution in [0.1, 0.15) is 32.6 Å². The maximum absolute atomic E-state index is 12.1. The van der Waals surface area contributed by atoms with Gasteiger partial charge in [0, 0.05) is 19.1 Å². The summed E-state index contributed by atoms with van der Waals surface area (Å²) in [5.41, 5.74) is 0.721. The highest BCUT2D eigenvalue weighted by Gasteiger charge is 2.19. The number of hydrogen-bond acceptors (Lipinski definition) is 4. The Bertz CT molecular complexity index is 551. The van der Waals surface area contributed by atoms with Crippen LogP contribution in [0.5, 0.6) is 0 Å². The topological polar surface area (TPSA) is 49.4 Å². The van der Waals surface area contributed by atoms with Gasteiger partial charge in [0.15, 0.2) is 9.84 Å². The summed E-state index contributed by atoms with van der Waals surface area (Å²) in [5.74, 6) is 0.133. The first-order valence-electron chi connectivity index (χ1n) is 7.80. The zero-order valence-corrected chi connectivity index (χ0v) is 13.8. The van der Waals surface area contributed by atoms with Crippen LogP contribution in [0, 0.1) is 0 Å². The molecule has 5 heteroatoms. The van der Waals surface area contributed by atoms with Crippen LogP contribution < -0.4 is 5.32 Å². The van der Waals surface area contributed by atoms with Crippen molar-refractivity contribution in [3.05, 3.63) is 24.3 Å². The Kier molecular flexibility index (Phi) is 5.65. The van der Waals surface area contributed by atoms with Gasteiger partial charge in [0.05, 0.1) is 16.3 Å². The molecule has 0 saturated heterocycles. The average Bonchev–Trinajstić information content (AvgIpc) is 3.02. The fourth-order valence-corrected chi connectivity index (χ4v) is 4.01. The van der Waals surface area contributed by atoms with Gasteiger partial charge in [-0.1, -0.05) is 31.9 Å². The number of sulfone groups is 1. The third-order valence-electron chi connectivity index (χ3n) is 4.33. The highest BCUT2D eigenvalue weighted by Crippen LogP contribution is 2.23. The molecule has 0 aliphatic heterocycles. The lowest BCUT2D eigenvalue weighted by molar-refractivity contribution is 0.254. The van der Waals surface area contributed by atoms with Crippen LogP contribution in [0.3, 0.4) is 0 Å². The van der Waals surface area contributed by atoms with E-state index < -0.39 is 9.84 Å². The van der Waals surface area contributed by atoms with E-state index in [9.17, 15) is 8.42 Å². The monoisotopic (exact) mass is 310 g/mol. The minimum atomic E-state index is -3.17. The minimum absolute atomic E-state index is 0.133. The zero-order chi connectivity index (χ0) is 15.3. The standard InChI is InChI=1S/C16H26N2O2S/c1-3-21(19,20)16-11-7-6-10-15(16)17-12-13-18(2)14-8-4-5-9-14/h6-7,10-11,14,17H,3-5,8-9,12-13H2,1-2H3. The molecule has 0 bridgehead atoms. The molecule has 0 amide bonds. The van der Waals surface area contributed by atoms with Crippen molar-refractivity contribution in [1.29, 1.82) is 0 Å². The van der Waals surface area contributed by atoms with Crippen molar-refractivity contribution in [2.24, 2.45) is 0 Å². The molecular formula is C16H26N2O2S. The molecule has 118 valence electrons. The Hall–Kier alpha value is -1.07. The second kappa shape index (κ2) is 7.27. The molecule has 0 spiro atoms. The lowest BCUT2D eigenvalue weighted by Crippen LogP contribution is -2.33. The number of nitrogens with one attached hydrogen (secondary N) is 1. The molecule has 2 rings (SSSR count). The number of benzene rings is 1. The van der Waals surface area contributed by atoms with Gasteiger partial charge in [-0.15, -0.1) is 0 Å². The molecule has 1 aromatic carbocycles. The van der Waals surface area contributed by atoms with E-state index in [1.807, 2.05) is 12.1 Å². The third kappa shape index (κ3) is 4.20. The summed E-state index contributed by atoms with van der Waals surface area (Å²) in [6.07, 6.45) is 5.24. The number of likely N-dealkylation sites (N-methyl/N-ethyl adjacent to an activating group) is 1. The van der Waals surface area contributed by atoms with Crippen LogP contribution in [-0.4, -0.2) is 45.2 Å². The molecule has 1 fully saturated rings. The second-order valence-corrected chi connectivity index (χ2v) is 7.99. The fourth-order valence-electron chi connectivity index (χ4n) is 2.93. The van der Waals surface area contributed by atoms with Crippen molar-refractivity contribution in [2.75, 3.05) is 31.2 Å². The summed E-state index contributed by atoms with van der Waals surface area (Å²) in [6.45, 7) is 3.38. The van der Waals surface area contributed by atoms with E-state index in [1.54, 1.807) is 19.1 Å². The lowest BCUT2D eigenvalue weighted by Gasteiger charge is -2.24. The fraction of sp³-hybridized carbons (Fsp3) is 0.625. The third-order valence-corrected chi connectivity index (χ3v) is 6.12. The molecule has 4 nitrogen and oxygen atoms in total. The molecule has 0 heterocycles. The smallest absolute Gasteiger partial charge is 0.180 e. The molecule has 0 radical (unpaired) electrons. The Morgan fingerprint density at radius 1 is 1.24 bits per heavy atom. The van der Waals surface area contributed by atoms with Crippen molar-refractivity contribution in [1.82, 2.24) is 4.90 Å². The van der Waals surface area contributed by atoms with Crippen LogP contribution >= 0.6 is 0 Å². The number of anilines is 1. The summed E-state index contributed by atoms with van der Waals surface area (Å²) < 4.78 is 24.2. The number of rotatable bonds is 7. The Morgan fingerprint density at radius 3 is 2.57 bits per heavy atom. The summed E-state index contributed by atoms with van der Waals surface area (Å²) in [5, 5.41) is 3.29. The van der Waals surface area contributed by atoms with Gasteiger partial charge in [0.2, 0.25) is 0 Å². The van der Waals surface area contributed by atoms with Gasteiger partial charge in [0.1, 0.15) is 0 Å². The quantitative estimate of drug-likeness (QED) is 0.841. The van der Waals surface area contributed by atoms with E-state index in [1.165, 1.54) is 25.7 Å². The Balaban J connectivity index is 1.94. The van der Waals surface area contributed by atoms with Crippen LogP contribution in [0.25, 0.3) is 0 Å². The number of hydrogen-bond donors (Lipinski definition) is 1. The van der Waals surface area contributed by atoms with Gasteiger partial charge in [-0.2, -0.15) is 0 Å². The lowest BCUT2D eigenvalue weighted by atomic mass is 10.2. The SMILES string of the molecule is CCS(=O)(=O)c1ccccc1NCCN(C)C1CCCC1. The maximum atomic E-state index is 12.1. The normalized spacial score (nSPS) is 16.5. The molecule has 0 atom stereocenters. The highest BCUT2D eigenvalue weighted by atomic mass is 32.2. The van der Waals surface area contributed by atoms with E-state index in [-0.39, 0.29) is 5.75 Å². The number of para-hydroxylation sites is 1. The molecule has 0 aromatic heterocycles. The predicted molar refractivity (Wildman–Crippen MR) is 87.5 cm³/mol. The molecule has 1 aromatic rings. The van der Waals surface area contributed by atoms with Gasteiger partial charge in [-0.3, -0.25) is 0 Å². The van der Waals surface area contributed by atoms with Gasteiger partial charge in [0.25, 0.3) is 0 Å². The van der Waals surface area contributed by atoms with Crippen molar-refractivity contribution in [3.63, 3.8) is 0 Å². The molecule has 1 aliphatic carbocycles. The van der Waals surface area contributed by atoms with E-state index in [0.717, 1.165) is 18.8 Å². The van der Waals surface area contributed by atoms with E-state index in [2.05, 4.69) is 17.3 Å². The van der Waals surface area contributed by atoms with Gasteiger partial charge >= 0.3 is 0 Å². The molecule has 1 N–H and O–H groups in total. The maximum Gasteiger partial charge on any atom is 0.180 e. The first-order chi connectivity index (χ1) is 10.0. The van der Waals surface area contributed by atoms with Gasteiger partial charge in [-0.25, -0.2) is 8.42 Å². The van der Waals surface area contributed by atoms with Crippen LogP contribution in [0.2, 0.25) is 0 Å². The van der Waals surface area contributed by atoms with Crippen LogP contribution in [0.4, 0.5) is 5.69 Å². The zero-order valence-electron chi connectivity index (χ0n) is 13.0. The van der Waals surface area contributed by atoms with Crippen molar-refractivity contribution >= 4 is 15.5 Å². The van der Waals surface area contributed by atoms with Gasteiger partial charge < -0.3 is 10.2 Å². The summed E-state index contributed by atoms with van der Waals surface area (Å²) in [6, 6.07) is 7.87. The van der Waals surface area contributed by atoms with Crippen molar-refractivity contribution < 1.29 is 8.42 Å². The van der Waals surface area contributed by atoms with Crippen molar-refractivity contribution in [3.8, 4) is 0 Å². The second-order valence-electron chi connectivity index (χ2n) is 5.75. The first-order valence-corrected chi connectivity index (χ1v) is 9.45. The van der Waals surface area contributed by atoms with E-state index in [4.69, 9.17) is 0 Å². The summed E-state index contributed by atoms with van der Waals surface area (Å²) in [4.78, 5) is 2.80. The van der Waals surface area contributed by atoms with Crippen molar-refractivity contribution in [2.45, 2.75) is 43.5 Å².